The molecule has 0 aliphatic heterocycles. The van der Waals surface area contributed by atoms with Gasteiger partial charge in [-0.05, 0) is 26.7 Å². The van der Waals surface area contributed by atoms with Gasteiger partial charge in [-0.15, -0.1) is 0 Å². The Hall–Kier alpha value is -0.160. The summed E-state index contributed by atoms with van der Waals surface area (Å²) in [5.74, 6) is 0. The number of rotatable bonds is 5. The van der Waals surface area contributed by atoms with Gasteiger partial charge in [-0.1, -0.05) is 12.8 Å². The summed E-state index contributed by atoms with van der Waals surface area (Å²) in [6, 6.07) is 0. The lowest BCUT2D eigenvalue weighted by atomic mass is 10.3. The van der Waals surface area contributed by atoms with Gasteiger partial charge in [0.05, 0.1) is 31.5 Å². The largest absolute Gasteiger partial charge is 0.394 e. The summed E-state index contributed by atoms with van der Waals surface area (Å²) in [4.78, 5) is 0. The second kappa shape index (κ2) is 10.0. The molecule has 0 saturated heterocycles. The van der Waals surface area contributed by atoms with Crippen molar-refractivity contribution in [2.45, 2.75) is 57.8 Å². The van der Waals surface area contributed by atoms with Crippen LogP contribution in [0.1, 0.15) is 39.5 Å². The molecule has 0 aromatic heterocycles. The summed E-state index contributed by atoms with van der Waals surface area (Å²) in [5.41, 5.74) is 0. The molecule has 1 aliphatic rings. The molecule has 1 aliphatic carbocycles. The summed E-state index contributed by atoms with van der Waals surface area (Å²) >= 11 is 0. The van der Waals surface area contributed by atoms with Crippen LogP contribution in [0.15, 0.2) is 0 Å². The Labute approximate surface area is 98.6 Å². The summed E-state index contributed by atoms with van der Waals surface area (Å²) in [5, 5.41) is 17.1. The van der Waals surface area contributed by atoms with E-state index in [1.54, 1.807) is 21.0 Å². The van der Waals surface area contributed by atoms with Crippen LogP contribution in [-0.4, -0.2) is 48.8 Å². The lowest BCUT2D eigenvalue weighted by Crippen LogP contribution is -2.19. The molecule has 0 spiro atoms. The molecular weight excluding hydrogens is 208 g/mol. The molecule has 1 fully saturated rings. The SMILES string of the molecule is CC(O)COC(C)CO.COC1CCCC1. The van der Waals surface area contributed by atoms with Crippen molar-refractivity contribution in [2.24, 2.45) is 0 Å². The smallest absolute Gasteiger partial charge is 0.0779 e. The molecule has 2 N–H and O–H groups in total. The Bertz CT molecular complexity index is 144. The molecular formula is C12H26O4. The second-order valence-electron chi connectivity index (χ2n) is 4.32. The van der Waals surface area contributed by atoms with E-state index in [0.29, 0.717) is 12.7 Å². The molecule has 16 heavy (non-hydrogen) atoms. The minimum Gasteiger partial charge on any atom is -0.394 e. The average molecular weight is 234 g/mol. The van der Waals surface area contributed by atoms with Crippen LogP contribution in [0.25, 0.3) is 0 Å². The van der Waals surface area contributed by atoms with Crippen molar-refractivity contribution in [3.8, 4) is 0 Å². The molecule has 4 heteroatoms. The number of hydrogen-bond donors (Lipinski definition) is 2. The first-order valence-corrected chi connectivity index (χ1v) is 6.03. The fourth-order valence-corrected chi connectivity index (χ4v) is 1.48. The first-order chi connectivity index (χ1) is 7.60. The molecule has 98 valence electrons. The zero-order chi connectivity index (χ0) is 12.4. The highest BCUT2D eigenvalue weighted by molar-refractivity contribution is 4.65. The molecule has 0 heterocycles. The van der Waals surface area contributed by atoms with Gasteiger partial charge in [0.1, 0.15) is 0 Å². The first-order valence-electron chi connectivity index (χ1n) is 6.03. The Morgan fingerprint density at radius 2 is 1.81 bits per heavy atom. The summed E-state index contributed by atoms with van der Waals surface area (Å²) in [6.07, 6.45) is 5.31. The Balaban J connectivity index is 0.000000288. The maximum atomic E-state index is 8.69. The number of aliphatic hydroxyl groups is 2. The van der Waals surface area contributed by atoms with Gasteiger partial charge in [-0.2, -0.15) is 0 Å². The van der Waals surface area contributed by atoms with Gasteiger partial charge >= 0.3 is 0 Å². The van der Waals surface area contributed by atoms with Gasteiger partial charge in [-0.3, -0.25) is 0 Å². The Kier molecular flexibility index (Phi) is 9.92. The molecule has 4 nitrogen and oxygen atoms in total. The quantitative estimate of drug-likeness (QED) is 0.753. The molecule has 0 radical (unpaired) electrons. The van der Waals surface area contributed by atoms with Gasteiger partial charge in [0.15, 0.2) is 0 Å². The summed E-state index contributed by atoms with van der Waals surface area (Å²) < 4.78 is 10.1. The maximum absolute atomic E-state index is 8.69. The van der Waals surface area contributed by atoms with Crippen LogP contribution < -0.4 is 0 Å². The molecule has 2 unspecified atom stereocenters. The molecule has 2 atom stereocenters. The Morgan fingerprint density at radius 3 is 2.12 bits per heavy atom. The molecule has 1 saturated carbocycles. The minimum absolute atomic E-state index is 0.00667. The van der Waals surface area contributed by atoms with Crippen LogP contribution in [0.5, 0.6) is 0 Å². The van der Waals surface area contributed by atoms with E-state index in [1.165, 1.54) is 25.7 Å². The van der Waals surface area contributed by atoms with Crippen molar-refractivity contribution in [3.63, 3.8) is 0 Å². The van der Waals surface area contributed by atoms with E-state index >= 15 is 0 Å². The lowest BCUT2D eigenvalue weighted by molar-refractivity contribution is -0.0177. The Morgan fingerprint density at radius 1 is 1.25 bits per heavy atom. The van der Waals surface area contributed by atoms with Crippen LogP contribution >= 0.6 is 0 Å². The van der Waals surface area contributed by atoms with E-state index in [2.05, 4.69) is 0 Å². The third-order valence-corrected chi connectivity index (χ3v) is 2.51. The average Bonchev–Trinajstić information content (AvgIpc) is 2.79. The number of hydrogen-bond acceptors (Lipinski definition) is 4. The van der Waals surface area contributed by atoms with Crippen molar-refractivity contribution >= 4 is 0 Å². The van der Waals surface area contributed by atoms with E-state index in [9.17, 15) is 0 Å². The van der Waals surface area contributed by atoms with Crippen LogP contribution in [0.2, 0.25) is 0 Å². The fourth-order valence-electron chi connectivity index (χ4n) is 1.48. The fraction of sp³-hybridized carbons (Fsp3) is 1.00. The monoisotopic (exact) mass is 234 g/mol. The van der Waals surface area contributed by atoms with Crippen molar-refractivity contribution in [1.82, 2.24) is 0 Å². The third-order valence-electron chi connectivity index (χ3n) is 2.51. The van der Waals surface area contributed by atoms with Gasteiger partial charge in [0.25, 0.3) is 0 Å². The van der Waals surface area contributed by atoms with Crippen LogP contribution in [-0.2, 0) is 9.47 Å². The third kappa shape index (κ3) is 9.09. The van der Waals surface area contributed by atoms with Gasteiger partial charge in [0.2, 0.25) is 0 Å². The van der Waals surface area contributed by atoms with Crippen molar-refractivity contribution in [1.29, 1.82) is 0 Å². The number of methoxy groups -OCH3 is 1. The van der Waals surface area contributed by atoms with E-state index in [0.717, 1.165) is 0 Å². The normalized spacial score (nSPS) is 20.1. The topological polar surface area (TPSA) is 58.9 Å². The van der Waals surface area contributed by atoms with E-state index in [4.69, 9.17) is 19.7 Å². The zero-order valence-electron chi connectivity index (χ0n) is 10.7. The number of ether oxygens (including phenoxy) is 2. The van der Waals surface area contributed by atoms with Crippen molar-refractivity contribution in [2.75, 3.05) is 20.3 Å². The summed E-state index contributed by atoms with van der Waals surface area (Å²) in [7, 11) is 1.80. The molecule has 1 rings (SSSR count). The standard InChI is InChI=1S/C6H14O3.C6H12O/c1-5(8)4-9-6(2)3-7;1-7-6-4-2-3-5-6/h5-8H,3-4H2,1-2H3;6H,2-5H2,1H3. The lowest BCUT2D eigenvalue weighted by Gasteiger charge is -2.10. The van der Waals surface area contributed by atoms with Gasteiger partial charge < -0.3 is 19.7 Å². The molecule has 0 amide bonds. The van der Waals surface area contributed by atoms with Crippen LogP contribution in [0.3, 0.4) is 0 Å². The maximum Gasteiger partial charge on any atom is 0.0779 e. The van der Waals surface area contributed by atoms with Crippen LogP contribution in [0.4, 0.5) is 0 Å². The van der Waals surface area contributed by atoms with E-state index in [-0.39, 0.29) is 12.7 Å². The first kappa shape index (κ1) is 15.8. The molecule has 0 bridgehead atoms. The van der Waals surface area contributed by atoms with Gasteiger partial charge in [-0.25, -0.2) is 0 Å². The van der Waals surface area contributed by atoms with Gasteiger partial charge in [0, 0.05) is 7.11 Å². The van der Waals surface area contributed by atoms with Crippen molar-refractivity contribution < 1.29 is 19.7 Å². The highest BCUT2D eigenvalue weighted by atomic mass is 16.5. The van der Waals surface area contributed by atoms with E-state index < -0.39 is 6.10 Å². The predicted octanol–water partition coefficient (Wildman–Crippen LogP) is 1.34. The van der Waals surface area contributed by atoms with E-state index in [1.807, 2.05) is 0 Å². The second-order valence-corrected chi connectivity index (χ2v) is 4.32. The van der Waals surface area contributed by atoms with Crippen molar-refractivity contribution in [3.05, 3.63) is 0 Å². The highest BCUT2D eigenvalue weighted by Gasteiger charge is 2.12. The minimum atomic E-state index is -0.445. The zero-order valence-corrected chi connectivity index (χ0v) is 10.7. The predicted molar refractivity (Wildman–Crippen MR) is 63.4 cm³/mol. The summed E-state index contributed by atoms with van der Waals surface area (Å²) in [6.45, 7) is 3.70. The van der Waals surface area contributed by atoms with Crippen LogP contribution in [0, 0.1) is 0 Å². The molecule has 0 aromatic rings. The number of aliphatic hydroxyl groups excluding tert-OH is 2. The molecule has 0 aromatic carbocycles. The highest BCUT2D eigenvalue weighted by Crippen LogP contribution is 2.19.